The van der Waals surface area contributed by atoms with Crippen LogP contribution in [0.25, 0.3) is 11.0 Å². The van der Waals surface area contributed by atoms with Crippen LogP contribution in [0, 0.1) is 0 Å². The monoisotopic (exact) mass is 217 g/mol. The molecule has 0 bridgehead atoms. The Kier molecular flexibility index (Phi) is 3.01. The van der Waals surface area contributed by atoms with E-state index in [0.29, 0.717) is 5.92 Å². The first-order chi connectivity index (χ1) is 7.65. The van der Waals surface area contributed by atoms with Crippen LogP contribution in [-0.2, 0) is 0 Å². The Morgan fingerprint density at radius 3 is 2.56 bits per heavy atom. The molecule has 1 heterocycles. The number of furan rings is 1. The van der Waals surface area contributed by atoms with E-state index in [1.54, 1.807) is 0 Å². The molecule has 0 aliphatic rings. The zero-order valence-electron chi connectivity index (χ0n) is 10.2. The topological polar surface area (TPSA) is 39.2 Å². The molecule has 2 heteroatoms. The average Bonchev–Trinajstić information content (AvgIpc) is 2.67. The minimum Gasteiger partial charge on any atom is -0.459 e. The van der Waals surface area contributed by atoms with E-state index in [9.17, 15) is 0 Å². The second-order valence-electron chi connectivity index (χ2n) is 4.55. The number of benzene rings is 1. The third-order valence-electron chi connectivity index (χ3n) is 3.02. The molecule has 0 fully saturated rings. The van der Waals surface area contributed by atoms with E-state index in [-0.39, 0.29) is 6.04 Å². The van der Waals surface area contributed by atoms with Gasteiger partial charge in [0.05, 0.1) is 6.04 Å². The van der Waals surface area contributed by atoms with Gasteiger partial charge in [-0.1, -0.05) is 39.0 Å². The summed E-state index contributed by atoms with van der Waals surface area (Å²) in [6.45, 7) is 6.45. The normalized spacial score (nSPS) is 13.6. The lowest BCUT2D eigenvalue weighted by atomic mass is 9.96. The molecular weight excluding hydrogens is 198 g/mol. The van der Waals surface area contributed by atoms with Crippen LogP contribution in [0.2, 0.25) is 0 Å². The molecule has 0 saturated heterocycles. The Morgan fingerprint density at radius 2 is 1.94 bits per heavy atom. The van der Waals surface area contributed by atoms with Gasteiger partial charge in [-0.05, 0) is 18.4 Å². The minimum atomic E-state index is 0.00444. The molecule has 0 aliphatic carbocycles. The molecule has 16 heavy (non-hydrogen) atoms. The molecule has 2 N–H and O–H groups in total. The summed E-state index contributed by atoms with van der Waals surface area (Å²) in [5.41, 5.74) is 8.32. The van der Waals surface area contributed by atoms with E-state index in [4.69, 9.17) is 10.2 Å². The molecule has 0 aliphatic heterocycles. The van der Waals surface area contributed by atoms with Crippen LogP contribution in [-0.4, -0.2) is 0 Å². The summed E-state index contributed by atoms with van der Waals surface area (Å²) in [7, 11) is 0. The van der Waals surface area contributed by atoms with Gasteiger partial charge in [-0.2, -0.15) is 0 Å². The number of rotatable bonds is 3. The van der Waals surface area contributed by atoms with Crippen LogP contribution in [0.4, 0.5) is 0 Å². The van der Waals surface area contributed by atoms with Gasteiger partial charge in [0.25, 0.3) is 0 Å². The molecular formula is C14H19NO. The highest BCUT2D eigenvalue weighted by Gasteiger charge is 2.20. The number of hydrogen-bond acceptors (Lipinski definition) is 2. The van der Waals surface area contributed by atoms with E-state index in [2.05, 4.69) is 26.8 Å². The summed E-state index contributed by atoms with van der Waals surface area (Å²) >= 11 is 0. The highest BCUT2D eigenvalue weighted by Crippen LogP contribution is 2.35. The molecule has 0 spiro atoms. The molecule has 2 aromatic rings. The Labute approximate surface area is 96.4 Å². The SMILES string of the molecule is CCC(N)c1oc2ccccc2c1C(C)C. The van der Waals surface area contributed by atoms with E-state index < -0.39 is 0 Å². The van der Waals surface area contributed by atoms with Crippen molar-refractivity contribution in [3.63, 3.8) is 0 Å². The Balaban J connectivity index is 2.68. The second-order valence-corrected chi connectivity index (χ2v) is 4.55. The average molecular weight is 217 g/mol. The van der Waals surface area contributed by atoms with Crippen LogP contribution in [0.15, 0.2) is 28.7 Å². The van der Waals surface area contributed by atoms with Crippen molar-refractivity contribution >= 4 is 11.0 Å². The van der Waals surface area contributed by atoms with Crippen LogP contribution in [0.5, 0.6) is 0 Å². The van der Waals surface area contributed by atoms with Crippen LogP contribution >= 0.6 is 0 Å². The molecule has 1 aromatic heterocycles. The molecule has 1 unspecified atom stereocenters. The fourth-order valence-electron chi connectivity index (χ4n) is 2.14. The van der Waals surface area contributed by atoms with Gasteiger partial charge >= 0.3 is 0 Å². The van der Waals surface area contributed by atoms with Crippen molar-refractivity contribution in [2.75, 3.05) is 0 Å². The first kappa shape index (κ1) is 11.2. The predicted molar refractivity (Wildman–Crippen MR) is 67.5 cm³/mol. The van der Waals surface area contributed by atoms with E-state index in [1.165, 1.54) is 10.9 Å². The van der Waals surface area contributed by atoms with Gasteiger partial charge in [-0.25, -0.2) is 0 Å². The molecule has 1 atom stereocenters. The number of fused-ring (bicyclic) bond motifs is 1. The maximum Gasteiger partial charge on any atom is 0.134 e. The summed E-state index contributed by atoms with van der Waals surface area (Å²) in [5.74, 6) is 1.40. The van der Waals surface area contributed by atoms with Gasteiger partial charge in [0.2, 0.25) is 0 Å². The summed E-state index contributed by atoms with van der Waals surface area (Å²) in [4.78, 5) is 0. The van der Waals surface area contributed by atoms with Crippen molar-refractivity contribution in [2.45, 2.75) is 39.2 Å². The van der Waals surface area contributed by atoms with Crippen molar-refractivity contribution in [1.82, 2.24) is 0 Å². The van der Waals surface area contributed by atoms with Gasteiger partial charge in [0.1, 0.15) is 11.3 Å². The highest BCUT2D eigenvalue weighted by molar-refractivity contribution is 5.83. The first-order valence-corrected chi connectivity index (χ1v) is 5.92. The summed E-state index contributed by atoms with van der Waals surface area (Å²) in [6.07, 6.45) is 0.902. The fourth-order valence-corrected chi connectivity index (χ4v) is 2.14. The molecule has 1 aromatic carbocycles. The van der Waals surface area contributed by atoms with Crippen molar-refractivity contribution in [2.24, 2.45) is 5.73 Å². The van der Waals surface area contributed by atoms with E-state index in [0.717, 1.165) is 17.8 Å². The van der Waals surface area contributed by atoms with Gasteiger partial charge in [0.15, 0.2) is 0 Å². The first-order valence-electron chi connectivity index (χ1n) is 5.92. The van der Waals surface area contributed by atoms with Crippen LogP contribution in [0.3, 0.4) is 0 Å². The van der Waals surface area contributed by atoms with Crippen LogP contribution in [0.1, 0.15) is 50.5 Å². The summed E-state index contributed by atoms with van der Waals surface area (Å²) in [6, 6.07) is 8.17. The van der Waals surface area contributed by atoms with Crippen molar-refractivity contribution in [3.05, 3.63) is 35.6 Å². The van der Waals surface area contributed by atoms with Crippen molar-refractivity contribution in [1.29, 1.82) is 0 Å². The van der Waals surface area contributed by atoms with E-state index in [1.807, 2.05) is 18.2 Å². The number of para-hydroxylation sites is 1. The van der Waals surface area contributed by atoms with Gasteiger partial charge in [-0.15, -0.1) is 0 Å². The molecule has 2 nitrogen and oxygen atoms in total. The standard InChI is InChI=1S/C14H19NO/c1-4-11(15)14-13(9(2)3)10-7-5-6-8-12(10)16-14/h5-9,11H,4,15H2,1-3H3. The van der Waals surface area contributed by atoms with Crippen LogP contribution < -0.4 is 5.73 Å². The van der Waals surface area contributed by atoms with Gasteiger partial charge < -0.3 is 10.2 Å². The zero-order chi connectivity index (χ0) is 11.7. The molecule has 0 amide bonds. The lowest BCUT2D eigenvalue weighted by Gasteiger charge is -2.11. The number of hydrogen-bond donors (Lipinski definition) is 1. The molecule has 2 rings (SSSR count). The third-order valence-corrected chi connectivity index (χ3v) is 3.02. The smallest absolute Gasteiger partial charge is 0.134 e. The molecule has 0 radical (unpaired) electrons. The molecule has 0 saturated carbocycles. The minimum absolute atomic E-state index is 0.00444. The van der Waals surface area contributed by atoms with Gasteiger partial charge in [0, 0.05) is 10.9 Å². The Hall–Kier alpha value is -1.28. The highest BCUT2D eigenvalue weighted by atomic mass is 16.3. The Morgan fingerprint density at radius 1 is 1.25 bits per heavy atom. The van der Waals surface area contributed by atoms with E-state index >= 15 is 0 Å². The summed E-state index contributed by atoms with van der Waals surface area (Å²) < 4.78 is 5.89. The van der Waals surface area contributed by atoms with Crippen molar-refractivity contribution < 1.29 is 4.42 Å². The lowest BCUT2D eigenvalue weighted by molar-refractivity contribution is 0.479. The quantitative estimate of drug-likeness (QED) is 0.845. The Bertz CT molecular complexity index is 484. The predicted octanol–water partition coefficient (Wildman–Crippen LogP) is 3.97. The summed E-state index contributed by atoms with van der Waals surface area (Å²) in [5, 5.41) is 1.20. The lowest BCUT2D eigenvalue weighted by Crippen LogP contribution is -2.10. The maximum absolute atomic E-state index is 6.10. The molecule has 86 valence electrons. The zero-order valence-corrected chi connectivity index (χ0v) is 10.2. The second kappa shape index (κ2) is 4.30. The number of nitrogens with two attached hydrogens (primary N) is 1. The largest absolute Gasteiger partial charge is 0.459 e. The van der Waals surface area contributed by atoms with Gasteiger partial charge in [-0.3, -0.25) is 0 Å². The maximum atomic E-state index is 6.10. The fraction of sp³-hybridized carbons (Fsp3) is 0.429. The van der Waals surface area contributed by atoms with Crippen molar-refractivity contribution in [3.8, 4) is 0 Å². The third kappa shape index (κ3) is 1.74.